The third-order valence-electron chi connectivity index (χ3n) is 2.96. The van der Waals surface area contributed by atoms with Gasteiger partial charge in [-0.1, -0.05) is 0 Å². The molecule has 0 aliphatic carbocycles. The van der Waals surface area contributed by atoms with Crippen molar-refractivity contribution in [3.05, 3.63) is 21.5 Å². The number of rotatable bonds is 7. The zero-order chi connectivity index (χ0) is 16.2. The van der Waals surface area contributed by atoms with E-state index in [-0.39, 0.29) is 31.0 Å². The van der Waals surface area contributed by atoms with Crippen LogP contribution in [0.2, 0.25) is 0 Å². The minimum absolute atomic E-state index is 0.0466. The van der Waals surface area contributed by atoms with Crippen LogP contribution in [-0.2, 0) is 16.1 Å². The topological polar surface area (TPSA) is 127 Å². The van der Waals surface area contributed by atoms with E-state index in [0.29, 0.717) is 11.4 Å². The number of carboxylic acid groups (broad SMARTS) is 1. The summed E-state index contributed by atoms with van der Waals surface area (Å²) in [6, 6.07) is -0.468. The highest BCUT2D eigenvalue weighted by Crippen LogP contribution is 2.21. The van der Waals surface area contributed by atoms with E-state index in [4.69, 9.17) is 5.11 Å². The predicted molar refractivity (Wildman–Crippen MR) is 72.8 cm³/mol. The molecule has 0 saturated heterocycles. The highest BCUT2D eigenvalue weighted by molar-refractivity contribution is 5.77. The second-order valence-electron chi connectivity index (χ2n) is 4.82. The number of hydrogen-bond donors (Lipinski definition) is 2. The molecule has 1 unspecified atom stereocenters. The highest BCUT2D eigenvalue weighted by atomic mass is 16.6. The van der Waals surface area contributed by atoms with Crippen LogP contribution in [0.1, 0.15) is 31.2 Å². The monoisotopic (exact) mass is 298 g/mol. The van der Waals surface area contributed by atoms with Gasteiger partial charge in [0.25, 0.3) is 0 Å². The molecule has 9 nitrogen and oxygen atoms in total. The number of amides is 1. The van der Waals surface area contributed by atoms with Gasteiger partial charge >= 0.3 is 11.7 Å². The van der Waals surface area contributed by atoms with E-state index in [2.05, 4.69) is 10.4 Å². The predicted octanol–water partition coefficient (Wildman–Crippen LogP) is 0.778. The van der Waals surface area contributed by atoms with Gasteiger partial charge in [-0.05, 0) is 20.8 Å². The number of hydrogen-bond acceptors (Lipinski definition) is 5. The van der Waals surface area contributed by atoms with Crippen LogP contribution in [0.5, 0.6) is 0 Å². The van der Waals surface area contributed by atoms with Crippen LogP contribution in [0, 0.1) is 24.0 Å². The molecular formula is C12H18N4O5. The molecule has 1 amide bonds. The average molecular weight is 298 g/mol. The van der Waals surface area contributed by atoms with Crippen molar-refractivity contribution in [2.24, 2.45) is 0 Å². The Bertz CT molecular complexity index is 566. The number of nitrogens with zero attached hydrogens (tertiary/aromatic N) is 3. The molecule has 1 atom stereocenters. The Morgan fingerprint density at radius 3 is 2.57 bits per heavy atom. The summed E-state index contributed by atoms with van der Waals surface area (Å²) in [6.07, 6.45) is -0.0831. The van der Waals surface area contributed by atoms with Gasteiger partial charge in [-0.3, -0.25) is 24.4 Å². The van der Waals surface area contributed by atoms with E-state index in [0.717, 1.165) is 0 Å². The van der Waals surface area contributed by atoms with Crippen molar-refractivity contribution in [3.63, 3.8) is 0 Å². The van der Waals surface area contributed by atoms with E-state index >= 15 is 0 Å². The van der Waals surface area contributed by atoms with Gasteiger partial charge in [0.15, 0.2) is 0 Å². The molecule has 9 heteroatoms. The number of nitro groups is 1. The number of carbonyl (C=O) groups excluding carboxylic acids is 1. The van der Waals surface area contributed by atoms with Gasteiger partial charge in [0.1, 0.15) is 11.4 Å². The molecule has 0 radical (unpaired) electrons. The summed E-state index contributed by atoms with van der Waals surface area (Å²) in [6.45, 7) is 4.91. The highest BCUT2D eigenvalue weighted by Gasteiger charge is 2.22. The van der Waals surface area contributed by atoms with Gasteiger partial charge in [0.2, 0.25) is 5.91 Å². The molecule has 0 bridgehead atoms. The van der Waals surface area contributed by atoms with Crippen LogP contribution in [0.4, 0.5) is 5.69 Å². The molecule has 1 aromatic heterocycles. The van der Waals surface area contributed by atoms with Gasteiger partial charge in [-0.15, -0.1) is 0 Å². The first-order valence-corrected chi connectivity index (χ1v) is 6.42. The van der Waals surface area contributed by atoms with Gasteiger partial charge in [0, 0.05) is 12.5 Å². The summed E-state index contributed by atoms with van der Waals surface area (Å²) in [5.74, 6) is -1.31. The Balaban J connectivity index is 2.60. The van der Waals surface area contributed by atoms with Crippen molar-refractivity contribution in [3.8, 4) is 0 Å². The fraction of sp³-hybridized carbons (Fsp3) is 0.583. The van der Waals surface area contributed by atoms with Gasteiger partial charge in [-0.25, -0.2) is 0 Å². The molecule has 0 aliphatic heterocycles. The SMILES string of the molecule is Cc1nn(CCC(=O)NC(C)CC(=O)O)c(C)c1[N+](=O)[O-]. The zero-order valence-electron chi connectivity index (χ0n) is 12.1. The van der Waals surface area contributed by atoms with Crippen molar-refractivity contribution < 1.29 is 19.6 Å². The summed E-state index contributed by atoms with van der Waals surface area (Å²) in [7, 11) is 0. The Labute approximate surface area is 121 Å². The number of aryl methyl sites for hydroxylation is 2. The van der Waals surface area contributed by atoms with Crippen molar-refractivity contribution >= 4 is 17.6 Å². The van der Waals surface area contributed by atoms with Crippen LogP contribution in [0.15, 0.2) is 0 Å². The maximum Gasteiger partial charge on any atom is 0.312 e. The Hall–Kier alpha value is -2.45. The van der Waals surface area contributed by atoms with Gasteiger partial charge in [0.05, 0.1) is 17.9 Å². The van der Waals surface area contributed by atoms with E-state index in [1.807, 2.05) is 0 Å². The number of nitrogens with one attached hydrogen (secondary N) is 1. The smallest absolute Gasteiger partial charge is 0.312 e. The Kier molecular flexibility index (Phi) is 5.39. The molecule has 1 rings (SSSR count). The standard InChI is InChI=1S/C12H18N4O5/c1-7(6-11(18)19)13-10(17)4-5-15-9(3)12(16(20)21)8(2)14-15/h7H,4-6H2,1-3H3,(H,13,17)(H,18,19). The number of carbonyl (C=O) groups is 2. The molecule has 0 saturated carbocycles. The first-order valence-electron chi connectivity index (χ1n) is 6.42. The normalized spacial score (nSPS) is 12.0. The van der Waals surface area contributed by atoms with Crippen LogP contribution >= 0.6 is 0 Å². The third kappa shape index (κ3) is 4.55. The van der Waals surface area contributed by atoms with Crippen molar-refractivity contribution in [1.82, 2.24) is 15.1 Å². The van der Waals surface area contributed by atoms with E-state index in [1.54, 1.807) is 13.8 Å². The fourth-order valence-corrected chi connectivity index (χ4v) is 2.04. The second-order valence-corrected chi connectivity index (χ2v) is 4.82. The fourth-order valence-electron chi connectivity index (χ4n) is 2.04. The lowest BCUT2D eigenvalue weighted by atomic mass is 10.2. The molecule has 0 aliphatic rings. The molecule has 2 N–H and O–H groups in total. The van der Waals surface area contributed by atoms with Crippen molar-refractivity contribution in [2.75, 3.05) is 0 Å². The van der Waals surface area contributed by atoms with Crippen LogP contribution in [0.25, 0.3) is 0 Å². The summed E-state index contributed by atoms with van der Waals surface area (Å²) < 4.78 is 1.41. The van der Waals surface area contributed by atoms with Crippen molar-refractivity contribution in [1.29, 1.82) is 0 Å². The van der Waals surface area contributed by atoms with E-state index < -0.39 is 16.9 Å². The third-order valence-corrected chi connectivity index (χ3v) is 2.96. The lowest BCUT2D eigenvalue weighted by Crippen LogP contribution is -2.34. The Morgan fingerprint density at radius 1 is 1.48 bits per heavy atom. The summed E-state index contributed by atoms with van der Waals surface area (Å²) in [4.78, 5) is 32.5. The molecule has 0 aromatic carbocycles. The van der Waals surface area contributed by atoms with E-state index in [1.165, 1.54) is 11.6 Å². The van der Waals surface area contributed by atoms with Crippen LogP contribution in [-0.4, -0.2) is 37.7 Å². The van der Waals surface area contributed by atoms with Crippen molar-refractivity contribution in [2.45, 2.75) is 46.2 Å². The quantitative estimate of drug-likeness (QED) is 0.565. The summed E-state index contributed by atoms with van der Waals surface area (Å²) in [5, 5.41) is 26.0. The molecule has 0 spiro atoms. The lowest BCUT2D eigenvalue weighted by molar-refractivity contribution is -0.386. The van der Waals surface area contributed by atoms with Crippen LogP contribution < -0.4 is 5.32 Å². The molecule has 1 aromatic rings. The second kappa shape index (κ2) is 6.82. The molecular weight excluding hydrogens is 280 g/mol. The summed E-state index contributed by atoms with van der Waals surface area (Å²) >= 11 is 0. The maximum absolute atomic E-state index is 11.7. The molecule has 21 heavy (non-hydrogen) atoms. The first kappa shape index (κ1) is 16.6. The molecule has 0 fully saturated rings. The molecule has 116 valence electrons. The largest absolute Gasteiger partial charge is 0.481 e. The van der Waals surface area contributed by atoms with E-state index in [9.17, 15) is 19.7 Å². The van der Waals surface area contributed by atoms with Crippen LogP contribution in [0.3, 0.4) is 0 Å². The first-order chi connectivity index (χ1) is 9.72. The Morgan fingerprint density at radius 2 is 2.10 bits per heavy atom. The zero-order valence-corrected chi connectivity index (χ0v) is 12.1. The maximum atomic E-state index is 11.7. The number of aliphatic carboxylic acids is 1. The number of aromatic nitrogens is 2. The average Bonchev–Trinajstić information content (AvgIpc) is 2.60. The number of carboxylic acids is 1. The minimum atomic E-state index is -0.989. The minimum Gasteiger partial charge on any atom is -0.481 e. The summed E-state index contributed by atoms with van der Waals surface area (Å²) in [5.41, 5.74) is 0.649. The van der Waals surface area contributed by atoms with Gasteiger partial charge in [-0.2, -0.15) is 5.10 Å². The van der Waals surface area contributed by atoms with Gasteiger partial charge < -0.3 is 10.4 Å². The molecule has 1 heterocycles. The lowest BCUT2D eigenvalue weighted by Gasteiger charge is -2.11.